The summed E-state index contributed by atoms with van der Waals surface area (Å²) in [5.74, 6) is 6.88. The molecule has 0 saturated carbocycles. The third kappa shape index (κ3) is 3.58. The van der Waals surface area contributed by atoms with Gasteiger partial charge in [0.25, 0.3) is 0 Å². The molecule has 0 atom stereocenters. The maximum atomic E-state index is 9.01. The average molecular weight is 382 g/mol. The summed E-state index contributed by atoms with van der Waals surface area (Å²) in [5, 5.41) is 15.8. The molecule has 0 aliphatic heterocycles. The molecule has 27 heavy (non-hydrogen) atoms. The van der Waals surface area contributed by atoms with Gasteiger partial charge in [-0.25, -0.2) is 20.8 Å². The molecule has 9 nitrogen and oxygen atoms in total. The zero-order valence-electron chi connectivity index (χ0n) is 14.4. The predicted octanol–water partition coefficient (Wildman–Crippen LogP) is 1.40. The highest BCUT2D eigenvalue weighted by Gasteiger charge is 2.14. The number of aliphatic hydroxyl groups excluding tert-OH is 1. The summed E-state index contributed by atoms with van der Waals surface area (Å²) in [6.07, 6.45) is 6.81. The highest BCUT2D eigenvalue weighted by atomic mass is 32.1. The Morgan fingerprint density at radius 1 is 1.26 bits per heavy atom. The molecule has 5 N–H and O–H groups in total. The third-order valence-corrected chi connectivity index (χ3v) is 5.03. The van der Waals surface area contributed by atoms with Gasteiger partial charge in [-0.05, 0) is 12.1 Å². The number of rotatable bonds is 6. The molecule has 0 fully saturated rings. The first kappa shape index (κ1) is 17.3. The molecule has 0 radical (unpaired) electrons. The zero-order chi connectivity index (χ0) is 18.8. The summed E-state index contributed by atoms with van der Waals surface area (Å²) >= 11 is 1.58. The molecule has 0 aromatic carbocycles. The third-order valence-electron chi connectivity index (χ3n) is 3.98. The van der Waals surface area contributed by atoms with E-state index in [9.17, 15) is 0 Å². The van der Waals surface area contributed by atoms with Gasteiger partial charge in [-0.3, -0.25) is 9.69 Å². The van der Waals surface area contributed by atoms with Crippen molar-refractivity contribution in [3.05, 3.63) is 47.9 Å². The Balaban J connectivity index is 1.59. The number of fused-ring (bicyclic) bond motifs is 1. The molecule has 0 saturated heterocycles. The van der Waals surface area contributed by atoms with Gasteiger partial charge >= 0.3 is 0 Å². The van der Waals surface area contributed by atoms with Crippen molar-refractivity contribution in [2.75, 3.05) is 17.3 Å². The van der Waals surface area contributed by atoms with E-state index in [1.54, 1.807) is 40.8 Å². The molecule has 138 valence electrons. The quantitative estimate of drug-likeness (QED) is 0.337. The number of aromatic nitrogens is 5. The first-order valence-corrected chi connectivity index (χ1v) is 9.07. The summed E-state index contributed by atoms with van der Waals surface area (Å²) in [6.45, 7) is 0.867. The van der Waals surface area contributed by atoms with Crippen LogP contribution < -0.4 is 16.6 Å². The number of thiophene rings is 1. The molecule has 0 unspecified atom stereocenters. The van der Waals surface area contributed by atoms with Gasteiger partial charge in [-0.15, -0.1) is 11.3 Å². The van der Waals surface area contributed by atoms with Crippen molar-refractivity contribution in [1.29, 1.82) is 0 Å². The number of anilines is 2. The van der Waals surface area contributed by atoms with Crippen LogP contribution in [0.4, 0.5) is 11.6 Å². The highest BCUT2D eigenvalue weighted by Crippen LogP contribution is 2.27. The molecule has 0 spiro atoms. The number of nitrogen functional groups attached to an aromatic ring is 1. The SMILES string of the molecule is Nc1ncc(-c2cnn(CCO)c2)nc1N(N)Cc1cc2cccnc2s1. The maximum absolute atomic E-state index is 9.01. The van der Waals surface area contributed by atoms with E-state index >= 15 is 0 Å². The first-order valence-electron chi connectivity index (χ1n) is 8.26. The second kappa shape index (κ2) is 7.27. The van der Waals surface area contributed by atoms with E-state index < -0.39 is 0 Å². The van der Waals surface area contributed by atoms with Crippen LogP contribution in [-0.2, 0) is 13.1 Å². The highest BCUT2D eigenvalue weighted by molar-refractivity contribution is 7.18. The second-order valence-electron chi connectivity index (χ2n) is 5.92. The smallest absolute Gasteiger partial charge is 0.186 e. The Morgan fingerprint density at radius 3 is 2.96 bits per heavy atom. The Hall–Kier alpha value is -3.08. The molecule has 4 rings (SSSR count). The number of pyridine rings is 1. The van der Waals surface area contributed by atoms with Gasteiger partial charge in [0.15, 0.2) is 11.6 Å². The summed E-state index contributed by atoms with van der Waals surface area (Å²) in [4.78, 5) is 15.1. The van der Waals surface area contributed by atoms with Crippen molar-refractivity contribution in [2.24, 2.45) is 5.84 Å². The summed E-state index contributed by atoms with van der Waals surface area (Å²) in [5.41, 5.74) is 7.37. The number of aliphatic hydroxyl groups is 1. The van der Waals surface area contributed by atoms with Crippen LogP contribution in [0.5, 0.6) is 0 Å². The van der Waals surface area contributed by atoms with Crippen LogP contribution in [0, 0.1) is 0 Å². The molecule has 0 aliphatic carbocycles. The molecule has 4 heterocycles. The summed E-state index contributed by atoms with van der Waals surface area (Å²) in [7, 11) is 0. The van der Waals surface area contributed by atoms with Crippen LogP contribution in [0.1, 0.15) is 4.88 Å². The predicted molar refractivity (Wildman–Crippen MR) is 105 cm³/mol. The Bertz CT molecular complexity index is 1040. The fraction of sp³-hybridized carbons (Fsp3) is 0.176. The average Bonchev–Trinajstić information content (AvgIpc) is 3.28. The van der Waals surface area contributed by atoms with Crippen molar-refractivity contribution in [2.45, 2.75) is 13.1 Å². The van der Waals surface area contributed by atoms with Crippen molar-refractivity contribution in [1.82, 2.24) is 24.7 Å². The topological polar surface area (TPSA) is 132 Å². The van der Waals surface area contributed by atoms with Gasteiger partial charge in [-0.1, -0.05) is 6.07 Å². The number of hydrazine groups is 1. The summed E-state index contributed by atoms with van der Waals surface area (Å²) in [6, 6.07) is 5.98. The van der Waals surface area contributed by atoms with Crippen LogP contribution in [0.2, 0.25) is 0 Å². The normalized spacial score (nSPS) is 11.2. The fourth-order valence-electron chi connectivity index (χ4n) is 2.71. The van der Waals surface area contributed by atoms with Crippen LogP contribution in [0.25, 0.3) is 21.5 Å². The van der Waals surface area contributed by atoms with Crippen molar-refractivity contribution in [3.8, 4) is 11.3 Å². The van der Waals surface area contributed by atoms with Crippen molar-refractivity contribution in [3.63, 3.8) is 0 Å². The largest absolute Gasteiger partial charge is 0.394 e. The Labute approximate surface area is 158 Å². The molecule has 10 heteroatoms. The van der Waals surface area contributed by atoms with Crippen LogP contribution in [0.15, 0.2) is 43.0 Å². The van der Waals surface area contributed by atoms with Gasteiger partial charge in [0, 0.05) is 28.2 Å². The zero-order valence-corrected chi connectivity index (χ0v) is 15.2. The molecule has 0 amide bonds. The van der Waals surface area contributed by atoms with E-state index in [-0.39, 0.29) is 12.4 Å². The van der Waals surface area contributed by atoms with Crippen LogP contribution in [0.3, 0.4) is 0 Å². The number of nitrogens with zero attached hydrogens (tertiary/aromatic N) is 6. The first-order chi connectivity index (χ1) is 13.1. The lowest BCUT2D eigenvalue weighted by Gasteiger charge is -2.18. The Morgan fingerprint density at radius 2 is 2.15 bits per heavy atom. The van der Waals surface area contributed by atoms with E-state index in [2.05, 4.69) is 26.1 Å². The van der Waals surface area contributed by atoms with Gasteiger partial charge < -0.3 is 10.8 Å². The fourth-order valence-corrected chi connectivity index (χ4v) is 3.70. The van der Waals surface area contributed by atoms with E-state index in [1.807, 2.05) is 12.1 Å². The van der Waals surface area contributed by atoms with E-state index in [1.165, 1.54) is 5.01 Å². The monoisotopic (exact) mass is 382 g/mol. The van der Waals surface area contributed by atoms with E-state index in [0.29, 0.717) is 24.6 Å². The molecule has 0 bridgehead atoms. The van der Waals surface area contributed by atoms with Crippen LogP contribution >= 0.6 is 11.3 Å². The molecule has 0 aliphatic rings. The van der Waals surface area contributed by atoms with Crippen molar-refractivity contribution >= 4 is 33.2 Å². The second-order valence-corrected chi connectivity index (χ2v) is 7.03. The lowest BCUT2D eigenvalue weighted by Crippen LogP contribution is -2.31. The number of hydrogen-bond acceptors (Lipinski definition) is 9. The van der Waals surface area contributed by atoms with Crippen LogP contribution in [-0.4, -0.2) is 36.4 Å². The minimum absolute atomic E-state index is 0.0143. The van der Waals surface area contributed by atoms with E-state index in [0.717, 1.165) is 20.7 Å². The molecular weight excluding hydrogens is 364 g/mol. The molecular formula is C17H18N8OS. The lowest BCUT2D eigenvalue weighted by atomic mass is 10.2. The Kier molecular flexibility index (Phi) is 4.67. The maximum Gasteiger partial charge on any atom is 0.186 e. The van der Waals surface area contributed by atoms with Crippen molar-refractivity contribution < 1.29 is 5.11 Å². The van der Waals surface area contributed by atoms with Gasteiger partial charge in [-0.2, -0.15) is 5.10 Å². The standard InChI is InChI=1S/C17H18N8OS/c18-15-16(23-14(8-21-15)12-7-22-24(9-12)4-5-26)25(19)10-13-6-11-2-1-3-20-17(11)27-13/h1-3,6-9,26H,4-5,10,19H2,(H2,18,21). The minimum atomic E-state index is 0.0143. The molecule has 4 aromatic rings. The molecule has 4 aromatic heterocycles. The summed E-state index contributed by atoms with van der Waals surface area (Å²) < 4.78 is 1.64. The number of hydrogen-bond donors (Lipinski definition) is 3. The lowest BCUT2D eigenvalue weighted by molar-refractivity contribution is 0.269. The van der Waals surface area contributed by atoms with Gasteiger partial charge in [0.2, 0.25) is 0 Å². The van der Waals surface area contributed by atoms with Gasteiger partial charge in [0.1, 0.15) is 4.83 Å². The van der Waals surface area contributed by atoms with E-state index in [4.69, 9.17) is 16.7 Å². The van der Waals surface area contributed by atoms with Gasteiger partial charge in [0.05, 0.1) is 37.8 Å². The minimum Gasteiger partial charge on any atom is -0.394 e. The number of nitrogens with two attached hydrogens (primary N) is 2.